The fraction of sp³-hybridized carbons (Fsp3) is 0.500. The highest BCUT2D eigenvalue weighted by atomic mass is 32.2. The highest BCUT2D eigenvalue weighted by Gasteiger charge is 2.31. The van der Waals surface area contributed by atoms with E-state index in [2.05, 4.69) is 9.89 Å². The summed E-state index contributed by atoms with van der Waals surface area (Å²) in [5, 5.41) is 0.754. The molecule has 2 unspecified atom stereocenters. The summed E-state index contributed by atoms with van der Waals surface area (Å²) in [5.74, 6) is 1.19. The zero-order valence-electron chi connectivity index (χ0n) is 16.2. The maximum atomic E-state index is 12.4. The minimum atomic E-state index is -0.200. The molecule has 0 aliphatic carbocycles. The van der Waals surface area contributed by atoms with Gasteiger partial charge in [-0.1, -0.05) is 6.07 Å². The molecule has 0 aromatic heterocycles. The Morgan fingerprint density at radius 2 is 1.85 bits per heavy atom. The van der Waals surface area contributed by atoms with Crippen LogP contribution in [0.2, 0.25) is 0 Å². The van der Waals surface area contributed by atoms with Crippen molar-refractivity contribution in [3.05, 3.63) is 28.7 Å². The van der Waals surface area contributed by atoms with Crippen molar-refractivity contribution < 1.29 is 19.0 Å². The number of ether oxygens (including phenoxy) is 3. The standard InChI is InChI=1S/C20H26N2O4S/c1-5-24-16-8-7-15(9-17(16)25-6-2)10-18-19(23)21-20(27-18)22-11-13(3)26-14(4)12-22/h7-10,13-14H,5-6,11-12H2,1-4H3. The Morgan fingerprint density at radius 1 is 1.19 bits per heavy atom. The Kier molecular flexibility index (Phi) is 6.44. The van der Waals surface area contributed by atoms with Gasteiger partial charge in [0.05, 0.1) is 30.3 Å². The van der Waals surface area contributed by atoms with Crippen molar-refractivity contribution >= 4 is 28.9 Å². The molecule has 0 radical (unpaired) electrons. The molecule has 1 saturated heterocycles. The number of morpholine rings is 1. The van der Waals surface area contributed by atoms with E-state index in [0.29, 0.717) is 29.6 Å². The molecular weight excluding hydrogens is 364 g/mol. The number of aliphatic imine (C=N–C) groups is 1. The van der Waals surface area contributed by atoms with Gasteiger partial charge in [0.15, 0.2) is 16.7 Å². The van der Waals surface area contributed by atoms with E-state index in [-0.39, 0.29) is 18.1 Å². The number of hydrogen-bond donors (Lipinski definition) is 0. The van der Waals surface area contributed by atoms with Crippen molar-refractivity contribution in [3.63, 3.8) is 0 Å². The Bertz CT molecular complexity index is 752. The molecule has 3 rings (SSSR count). The first-order chi connectivity index (χ1) is 13.0. The average Bonchev–Trinajstić information content (AvgIpc) is 2.97. The highest BCUT2D eigenvalue weighted by molar-refractivity contribution is 8.18. The van der Waals surface area contributed by atoms with Gasteiger partial charge in [-0.25, -0.2) is 0 Å². The molecule has 2 aliphatic rings. The molecule has 1 aromatic carbocycles. The molecule has 7 heteroatoms. The lowest BCUT2D eigenvalue weighted by Gasteiger charge is -2.35. The monoisotopic (exact) mass is 390 g/mol. The first-order valence-corrected chi connectivity index (χ1v) is 10.1. The van der Waals surface area contributed by atoms with Gasteiger partial charge in [0.25, 0.3) is 5.91 Å². The molecule has 6 nitrogen and oxygen atoms in total. The van der Waals surface area contributed by atoms with Crippen molar-refractivity contribution in [1.29, 1.82) is 0 Å². The van der Waals surface area contributed by atoms with Crippen LogP contribution in [0.4, 0.5) is 0 Å². The van der Waals surface area contributed by atoms with E-state index in [1.54, 1.807) is 0 Å². The Morgan fingerprint density at radius 3 is 2.52 bits per heavy atom. The topological polar surface area (TPSA) is 60.4 Å². The predicted molar refractivity (Wildman–Crippen MR) is 108 cm³/mol. The molecule has 0 N–H and O–H groups in total. The molecule has 146 valence electrons. The van der Waals surface area contributed by atoms with Crippen molar-refractivity contribution in [2.24, 2.45) is 4.99 Å². The van der Waals surface area contributed by atoms with E-state index in [4.69, 9.17) is 14.2 Å². The average molecular weight is 391 g/mol. The summed E-state index contributed by atoms with van der Waals surface area (Å²) in [5.41, 5.74) is 0.887. The van der Waals surface area contributed by atoms with Crippen LogP contribution in [0.1, 0.15) is 33.3 Å². The molecule has 27 heavy (non-hydrogen) atoms. The lowest BCUT2D eigenvalue weighted by atomic mass is 10.2. The van der Waals surface area contributed by atoms with Gasteiger partial charge >= 0.3 is 0 Å². The molecule has 0 bridgehead atoms. The largest absolute Gasteiger partial charge is 0.490 e. The normalized spacial score (nSPS) is 24.3. The summed E-state index contributed by atoms with van der Waals surface area (Å²) in [6, 6.07) is 5.69. The summed E-state index contributed by atoms with van der Waals surface area (Å²) in [7, 11) is 0. The van der Waals surface area contributed by atoms with Crippen molar-refractivity contribution in [1.82, 2.24) is 4.90 Å². The summed E-state index contributed by atoms with van der Waals surface area (Å²) < 4.78 is 17.0. The first-order valence-electron chi connectivity index (χ1n) is 9.32. The number of carbonyl (C=O) groups excluding carboxylic acids is 1. The fourth-order valence-electron chi connectivity index (χ4n) is 3.18. The maximum Gasteiger partial charge on any atom is 0.286 e. The third-order valence-electron chi connectivity index (χ3n) is 4.16. The van der Waals surface area contributed by atoms with E-state index in [1.165, 1.54) is 11.8 Å². The maximum absolute atomic E-state index is 12.4. The number of rotatable bonds is 5. The van der Waals surface area contributed by atoms with Gasteiger partial charge in [-0.3, -0.25) is 4.79 Å². The number of amidine groups is 1. The zero-order chi connectivity index (χ0) is 19.4. The number of thioether (sulfide) groups is 1. The molecule has 2 heterocycles. The SMILES string of the molecule is CCOc1ccc(C=C2SC(N3CC(C)OC(C)C3)=NC2=O)cc1OCC. The van der Waals surface area contributed by atoms with Gasteiger partial charge in [0.1, 0.15) is 0 Å². The number of benzene rings is 1. The van der Waals surface area contributed by atoms with Crippen molar-refractivity contribution in [2.75, 3.05) is 26.3 Å². The minimum Gasteiger partial charge on any atom is -0.490 e. The minimum absolute atomic E-state index is 0.125. The van der Waals surface area contributed by atoms with Gasteiger partial charge in [0, 0.05) is 13.1 Å². The number of nitrogens with zero attached hydrogens (tertiary/aromatic N) is 2. The molecule has 1 amide bonds. The van der Waals surface area contributed by atoms with Crippen LogP contribution in [-0.2, 0) is 9.53 Å². The van der Waals surface area contributed by atoms with E-state index >= 15 is 0 Å². The van der Waals surface area contributed by atoms with Crippen LogP contribution in [0.5, 0.6) is 11.5 Å². The summed E-state index contributed by atoms with van der Waals surface area (Å²) in [6.45, 7) is 10.6. The molecule has 1 aromatic rings. The predicted octanol–water partition coefficient (Wildman–Crippen LogP) is 3.56. The number of hydrogen-bond acceptors (Lipinski definition) is 6. The summed E-state index contributed by atoms with van der Waals surface area (Å²) >= 11 is 1.42. The zero-order valence-corrected chi connectivity index (χ0v) is 17.0. The van der Waals surface area contributed by atoms with Gasteiger partial charge in [-0.2, -0.15) is 4.99 Å². The van der Waals surface area contributed by atoms with Crippen LogP contribution in [0.15, 0.2) is 28.1 Å². The summed E-state index contributed by atoms with van der Waals surface area (Å²) in [6.07, 6.45) is 2.11. The van der Waals surface area contributed by atoms with Crippen molar-refractivity contribution in [3.8, 4) is 11.5 Å². The molecule has 2 atom stereocenters. The third kappa shape index (κ3) is 4.84. The summed E-state index contributed by atoms with van der Waals surface area (Å²) in [4.78, 5) is 19.4. The van der Waals surface area contributed by atoms with Crippen LogP contribution in [0.3, 0.4) is 0 Å². The molecule has 0 saturated carbocycles. The highest BCUT2D eigenvalue weighted by Crippen LogP contribution is 2.34. The number of amides is 1. The smallest absolute Gasteiger partial charge is 0.286 e. The van der Waals surface area contributed by atoms with Gasteiger partial charge in [0.2, 0.25) is 0 Å². The van der Waals surface area contributed by atoms with Gasteiger partial charge < -0.3 is 19.1 Å². The van der Waals surface area contributed by atoms with Crippen molar-refractivity contribution in [2.45, 2.75) is 39.9 Å². The van der Waals surface area contributed by atoms with E-state index in [1.807, 2.05) is 52.0 Å². The molecule has 2 aliphatic heterocycles. The van der Waals surface area contributed by atoms with Crippen LogP contribution in [0.25, 0.3) is 6.08 Å². The molecule has 1 fully saturated rings. The first kappa shape index (κ1) is 19.8. The molecule has 0 spiro atoms. The van der Waals surface area contributed by atoms with E-state index in [0.717, 1.165) is 23.8 Å². The number of carbonyl (C=O) groups is 1. The van der Waals surface area contributed by atoms with Crippen LogP contribution < -0.4 is 9.47 Å². The lowest BCUT2D eigenvalue weighted by molar-refractivity contribution is -0.113. The Hall–Kier alpha value is -1.99. The second-order valence-electron chi connectivity index (χ2n) is 6.54. The second kappa shape index (κ2) is 8.80. The quantitative estimate of drug-likeness (QED) is 0.717. The van der Waals surface area contributed by atoms with E-state index in [9.17, 15) is 4.79 Å². The van der Waals surface area contributed by atoms with Gasteiger partial charge in [-0.05, 0) is 63.2 Å². The third-order valence-corrected chi connectivity index (χ3v) is 5.21. The fourth-order valence-corrected chi connectivity index (χ4v) is 4.11. The molecular formula is C20H26N2O4S. The van der Waals surface area contributed by atoms with Gasteiger partial charge in [-0.15, -0.1) is 0 Å². The van der Waals surface area contributed by atoms with Crippen LogP contribution >= 0.6 is 11.8 Å². The van der Waals surface area contributed by atoms with E-state index < -0.39 is 0 Å². The van der Waals surface area contributed by atoms with Crippen LogP contribution in [0, 0.1) is 0 Å². The Labute approximate surface area is 164 Å². The Balaban J connectivity index is 1.76. The second-order valence-corrected chi connectivity index (χ2v) is 7.55. The lowest BCUT2D eigenvalue weighted by Crippen LogP contribution is -2.47. The van der Waals surface area contributed by atoms with Crippen LogP contribution in [-0.4, -0.2) is 54.5 Å².